The lowest BCUT2D eigenvalue weighted by Gasteiger charge is -2.59. The molecule has 12 heteroatoms. The van der Waals surface area contributed by atoms with Gasteiger partial charge < -0.3 is 34.0 Å². The number of halogens is 1. The van der Waals surface area contributed by atoms with E-state index in [0.717, 1.165) is 67.8 Å². The van der Waals surface area contributed by atoms with E-state index in [4.69, 9.17) is 28.9 Å². The van der Waals surface area contributed by atoms with Gasteiger partial charge in [-0.2, -0.15) is 0 Å². The van der Waals surface area contributed by atoms with E-state index in [9.17, 15) is 19.4 Å². The molecule has 3 aromatic carbocycles. The molecule has 4 aliphatic rings. The van der Waals surface area contributed by atoms with Crippen molar-refractivity contribution >= 4 is 11.8 Å². The van der Waals surface area contributed by atoms with E-state index >= 15 is 0 Å². The molecule has 1 saturated carbocycles. The van der Waals surface area contributed by atoms with Crippen LogP contribution in [-0.4, -0.2) is 96.3 Å². The molecule has 0 radical (unpaired) electrons. The van der Waals surface area contributed by atoms with Crippen molar-refractivity contribution in [2.24, 2.45) is 22.9 Å². The van der Waals surface area contributed by atoms with Crippen LogP contribution < -0.4 is 9.47 Å². The second-order valence-electron chi connectivity index (χ2n) is 16.7. The van der Waals surface area contributed by atoms with Gasteiger partial charge in [0.15, 0.2) is 0 Å². The van der Waals surface area contributed by atoms with Crippen LogP contribution in [0.1, 0.15) is 74.0 Å². The molecule has 0 bridgehead atoms. The zero-order valence-corrected chi connectivity index (χ0v) is 35.8. The zero-order valence-electron chi connectivity index (χ0n) is 35.8. The van der Waals surface area contributed by atoms with Gasteiger partial charge in [0.05, 0.1) is 24.8 Å². The molecule has 2 heterocycles. The Morgan fingerprint density at radius 3 is 2.45 bits per heavy atom. The Morgan fingerprint density at radius 1 is 0.952 bits per heavy atom. The number of unbranched alkanes of at least 4 members (excludes halogenated alkanes) is 2. The number of carbonyl (C=O) groups excluding carboxylic acids is 1. The molecule has 3 aromatic rings. The van der Waals surface area contributed by atoms with E-state index in [0.29, 0.717) is 42.9 Å². The Hall–Kier alpha value is -5.01. The number of nitrogens with zero attached hydrogens (tertiary/aromatic N) is 3. The van der Waals surface area contributed by atoms with Gasteiger partial charge in [-0.25, -0.2) is 9.18 Å². The number of oxime groups is 1. The van der Waals surface area contributed by atoms with Gasteiger partial charge in [-0.1, -0.05) is 78.7 Å². The smallest absolute Gasteiger partial charge is 0.410 e. The molecular formula is C50H62FN3O8. The normalized spacial score (nSPS) is 24.2. The fourth-order valence-corrected chi connectivity index (χ4v) is 9.48. The predicted molar refractivity (Wildman–Crippen MR) is 236 cm³/mol. The molecule has 7 rings (SSSR count). The lowest BCUT2D eigenvalue weighted by molar-refractivity contribution is -0.256. The number of aliphatic hydroxyl groups excluding tert-OH is 2. The highest BCUT2D eigenvalue weighted by atomic mass is 19.1. The fraction of sp³-hybridized carbons (Fsp3) is 0.480. The second-order valence-corrected chi connectivity index (χ2v) is 16.7. The quantitative estimate of drug-likeness (QED) is 0.0395. The topological polar surface area (TPSA) is 122 Å². The largest absolute Gasteiger partial charge is 0.492 e. The van der Waals surface area contributed by atoms with Gasteiger partial charge in [0.25, 0.3) is 0 Å². The summed E-state index contributed by atoms with van der Waals surface area (Å²) in [7, 11) is 0. The molecule has 2 aliphatic carbocycles. The maximum absolute atomic E-state index is 14.6. The molecule has 332 valence electrons. The number of aliphatic hydroxyl groups is 2. The zero-order chi connectivity index (χ0) is 43.3. The number of benzene rings is 3. The minimum Gasteiger partial charge on any atom is -0.492 e. The predicted octanol–water partition coefficient (Wildman–Crippen LogP) is 8.57. The third-order valence-electron chi connectivity index (χ3n) is 12.5. The molecule has 1 amide bonds. The van der Waals surface area contributed by atoms with Gasteiger partial charge in [-0.3, -0.25) is 9.80 Å². The van der Waals surface area contributed by atoms with Crippen LogP contribution in [0.5, 0.6) is 11.5 Å². The van der Waals surface area contributed by atoms with Gasteiger partial charge in [0.2, 0.25) is 5.79 Å². The van der Waals surface area contributed by atoms with E-state index in [-0.39, 0.29) is 69.6 Å². The number of allylic oxidation sites excluding steroid dienone is 1. The number of hydrogen-bond donors (Lipinski definition) is 2. The Bertz CT molecular complexity index is 2010. The number of hydrogen-bond acceptors (Lipinski definition) is 10. The van der Waals surface area contributed by atoms with Crippen molar-refractivity contribution in [1.29, 1.82) is 0 Å². The lowest BCUT2D eigenvalue weighted by Crippen LogP contribution is -2.70. The average molecular weight is 852 g/mol. The Kier molecular flexibility index (Phi) is 15.9. The lowest BCUT2D eigenvalue weighted by atomic mass is 9.55. The monoisotopic (exact) mass is 851 g/mol. The van der Waals surface area contributed by atoms with Crippen molar-refractivity contribution in [2.75, 3.05) is 52.7 Å². The fourth-order valence-electron chi connectivity index (χ4n) is 9.48. The molecule has 1 saturated heterocycles. The first-order chi connectivity index (χ1) is 30.4. The van der Waals surface area contributed by atoms with Crippen LogP contribution in [0.25, 0.3) is 0 Å². The van der Waals surface area contributed by atoms with Gasteiger partial charge in [0, 0.05) is 57.3 Å². The summed E-state index contributed by atoms with van der Waals surface area (Å²) in [6.45, 7) is 12.1. The van der Waals surface area contributed by atoms with Crippen LogP contribution in [0.15, 0.2) is 115 Å². The first kappa shape index (κ1) is 45.0. The van der Waals surface area contributed by atoms with E-state index < -0.39 is 23.8 Å². The van der Waals surface area contributed by atoms with E-state index in [1.54, 1.807) is 29.2 Å². The maximum atomic E-state index is 14.6. The highest BCUT2D eigenvalue weighted by Gasteiger charge is 2.65. The third kappa shape index (κ3) is 10.8. The van der Waals surface area contributed by atoms with Gasteiger partial charge >= 0.3 is 6.09 Å². The molecule has 2 aliphatic heterocycles. The summed E-state index contributed by atoms with van der Waals surface area (Å²) in [5.74, 6) is -1.11. The van der Waals surface area contributed by atoms with Crippen LogP contribution in [0, 0.1) is 23.6 Å². The number of fused-ring (bicyclic) bond motifs is 2. The highest BCUT2D eigenvalue weighted by Crippen LogP contribution is 2.62. The van der Waals surface area contributed by atoms with Crippen molar-refractivity contribution in [3.05, 3.63) is 132 Å². The molecule has 2 fully saturated rings. The second kappa shape index (κ2) is 21.9. The summed E-state index contributed by atoms with van der Waals surface area (Å²) in [5, 5.41) is 24.8. The standard InChI is InChI=1S/C50H62FN3O8/c1-3-5-29-59-49(57)54(34-36-17-19-39(51)20-18-36)46-33-44(52-61-35-37-13-7-6-8-14-37)42-31-38(15-9-11-26-55)41(16-10-12-27-56)47-43-32-40(58-30-25-53-23-24-53)21-22-45(43)62-50(46,48(42)47)60-28-4-2/h3-4,6-8,13-14,17-22,31-32,38,41,46-48,55-56H,1-2,5,9-12,15-16,23-30,33-35H2. The van der Waals surface area contributed by atoms with E-state index in [1.807, 2.05) is 42.5 Å². The summed E-state index contributed by atoms with van der Waals surface area (Å²) in [5.41, 5.74) is 4.22. The first-order valence-electron chi connectivity index (χ1n) is 22.3. The van der Waals surface area contributed by atoms with Crippen LogP contribution in [-0.2, 0) is 27.5 Å². The number of carbonyl (C=O) groups is 1. The molecule has 11 nitrogen and oxygen atoms in total. The van der Waals surface area contributed by atoms with Gasteiger partial charge in [0.1, 0.15) is 36.6 Å². The Balaban J connectivity index is 1.42. The van der Waals surface area contributed by atoms with Crippen molar-refractivity contribution in [3.63, 3.8) is 0 Å². The third-order valence-corrected chi connectivity index (χ3v) is 12.5. The minimum atomic E-state index is -1.49. The SMILES string of the molecule is C=CCCOC(=O)N(Cc1ccc(F)cc1)C1CC(=NOCc2ccccc2)C2=CC(CCCCO)C(CCCCO)C3c4cc(OCCN5CC5)ccc4OC1(OCC=C)C23. The summed E-state index contributed by atoms with van der Waals surface area (Å²) < 4.78 is 41.1. The summed E-state index contributed by atoms with van der Waals surface area (Å²) in [6, 6.07) is 21.1. The molecule has 62 heavy (non-hydrogen) atoms. The average Bonchev–Trinajstić information content (AvgIpc) is 4.12. The molecule has 6 atom stereocenters. The van der Waals surface area contributed by atoms with Crippen molar-refractivity contribution < 1.29 is 43.2 Å². The molecule has 0 spiro atoms. The van der Waals surface area contributed by atoms with Crippen molar-refractivity contribution in [3.8, 4) is 11.5 Å². The van der Waals surface area contributed by atoms with Crippen LogP contribution in [0.3, 0.4) is 0 Å². The van der Waals surface area contributed by atoms with Crippen molar-refractivity contribution in [1.82, 2.24) is 9.80 Å². The molecule has 2 N–H and O–H groups in total. The van der Waals surface area contributed by atoms with E-state index in [2.05, 4.69) is 30.2 Å². The molecule has 0 aromatic heterocycles. The minimum absolute atomic E-state index is 0.0477. The van der Waals surface area contributed by atoms with Gasteiger partial charge in [-0.15, -0.1) is 13.2 Å². The maximum Gasteiger partial charge on any atom is 0.410 e. The van der Waals surface area contributed by atoms with Gasteiger partial charge in [-0.05, 0) is 91.0 Å². The number of ether oxygens (including phenoxy) is 4. The van der Waals surface area contributed by atoms with E-state index in [1.165, 1.54) is 12.1 Å². The van der Waals surface area contributed by atoms with Crippen LogP contribution >= 0.6 is 0 Å². The number of amides is 1. The van der Waals surface area contributed by atoms with Crippen molar-refractivity contribution in [2.45, 2.75) is 82.3 Å². The Labute approximate surface area is 365 Å². The summed E-state index contributed by atoms with van der Waals surface area (Å²) in [4.78, 5) is 24.8. The summed E-state index contributed by atoms with van der Waals surface area (Å²) >= 11 is 0. The van der Waals surface area contributed by atoms with Crippen LogP contribution in [0.2, 0.25) is 0 Å². The number of rotatable bonds is 24. The van der Waals surface area contributed by atoms with Crippen LogP contribution in [0.4, 0.5) is 9.18 Å². The molecular weight excluding hydrogens is 790 g/mol. The molecule has 6 unspecified atom stereocenters. The summed E-state index contributed by atoms with van der Waals surface area (Å²) in [6.07, 6.45) is 10.3. The first-order valence-corrected chi connectivity index (χ1v) is 22.3. The Morgan fingerprint density at radius 2 is 1.73 bits per heavy atom. The highest BCUT2D eigenvalue weighted by molar-refractivity contribution is 6.03.